The van der Waals surface area contributed by atoms with Gasteiger partial charge in [-0.05, 0) is 63.5 Å². The molecule has 2 atom stereocenters. The maximum atomic E-state index is 12.6. The molecular formula is C20H30N2O2. The van der Waals surface area contributed by atoms with Crippen molar-refractivity contribution in [3.8, 4) is 0 Å². The number of rotatable bonds is 8. The van der Waals surface area contributed by atoms with Crippen LogP contribution in [0.3, 0.4) is 0 Å². The summed E-state index contributed by atoms with van der Waals surface area (Å²) in [5.41, 5.74) is 2.48. The number of carbonyl (C=O) groups excluding carboxylic acids is 1. The van der Waals surface area contributed by atoms with Gasteiger partial charge in [0.2, 0.25) is 5.91 Å². The number of hydrogen-bond donors (Lipinski definition) is 2. The maximum Gasteiger partial charge on any atom is 0.234 e. The predicted octanol–water partition coefficient (Wildman–Crippen LogP) is 2.80. The molecule has 132 valence electrons. The van der Waals surface area contributed by atoms with E-state index in [9.17, 15) is 4.79 Å². The predicted molar refractivity (Wildman–Crippen MR) is 95.7 cm³/mol. The third kappa shape index (κ3) is 4.58. The molecule has 1 saturated carbocycles. The van der Waals surface area contributed by atoms with E-state index in [1.165, 1.54) is 24.0 Å². The summed E-state index contributed by atoms with van der Waals surface area (Å²) in [4.78, 5) is 14.9. The Bertz CT molecular complexity index is 539. The van der Waals surface area contributed by atoms with Crippen molar-refractivity contribution in [2.45, 2.75) is 57.5 Å². The summed E-state index contributed by atoms with van der Waals surface area (Å²) in [7, 11) is 0. The Kier molecular flexibility index (Phi) is 5.90. The van der Waals surface area contributed by atoms with Crippen LogP contribution >= 0.6 is 0 Å². The summed E-state index contributed by atoms with van der Waals surface area (Å²) in [5, 5.41) is 12.3. The number of hydrogen-bond acceptors (Lipinski definition) is 3. The zero-order chi connectivity index (χ0) is 16.9. The first-order valence-electron chi connectivity index (χ1n) is 9.38. The number of nitrogens with zero attached hydrogens (tertiary/aromatic N) is 1. The van der Waals surface area contributed by atoms with Crippen LogP contribution in [0.1, 0.15) is 55.7 Å². The summed E-state index contributed by atoms with van der Waals surface area (Å²) in [6.45, 7) is 3.83. The molecule has 1 aromatic carbocycles. The SMILES string of the molecule is Cc1ccc(C(NC(=O)CN2CCCC2CCCO)C2CC2)cc1. The van der Waals surface area contributed by atoms with Gasteiger partial charge in [-0.2, -0.15) is 0 Å². The normalized spacial score (nSPS) is 22.5. The summed E-state index contributed by atoms with van der Waals surface area (Å²) in [6.07, 6.45) is 6.55. The zero-order valence-electron chi connectivity index (χ0n) is 14.7. The number of carbonyl (C=O) groups is 1. The van der Waals surface area contributed by atoms with Crippen LogP contribution in [0, 0.1) is 12.8 Å². The number of likely N-dealkylation sites (tertiary alicyclic amines) is 1. The van der Waals surface area contributed by atoms with E-state index in [4.69, 9.17) is 5.11 Å². The molecule has 2 fully saturated rings. The first kappa shape index (κ1) is 17.4. The molecule has 0 aromatic heterocycles. The first-order valence-corrected chi connectivity index (χ1v) is 9.38. The molecule has 4 nitrogen and oxygen atoms in total. The topological polar surface area (TPSA) is 52.6 Å². The lowest BCUT2D eigenvalue weighted by atomic mass is 10.0. The fourth-order valence-electron chi connectivity index (χ4n) is 3.84. The van der Waals surface area contributed by atoms with Crippen molar-refractivity contribution in [1.82, 2.24) is 10.2 Å². The van der Waals surface area contributed by atoms with Crippen LogP contribution in [0.15, 0.2) is 24.3 Å². The first-order chi connectivity index (χ1) is 11.7. The molecule has 24 heavy (non-hydrogen) atoms. The highest BCUT2D eigenvalue weighted by Gasteiger charge is 2.34. The average Bonchev–Trinajstić information content (AvgIpc) is 3.33. The van der Waals surface area contributed by atoms with Crippen LogP contribution in [0.2, 0.25) is 0 Å². The molecular weight excluding hydrogens is 300 g/mol. The van der Waals surface area contributed by atoms with Gasteiger partial charge < -0.3 is 10.4 Å². The number of amides is 1. The maximum absolute atomic E-state index is 12.6. The average molecular weight is 330 g/mol. The summed E-state index contributed by atoms with van der Waals surface area (Å²) < 4.78 is 0. The Hall–Kier alpha value is -1.39. The third-order valence-corrected chi connectivity index (χ3v) is 5.39. The monoisotopic (exact) mass is 330 g/mol. The van der Waals surface area contributed by atoms with E-state index in [1.807, 2.05) is 0 Å². The van der Waals surface area contributed by atoms with E-state index in [-0.39, 0.29) is 18.6 Å². The van der Waals surface area contributed by atoms with Crippen LogP contribution in [0.5, 0.6) is 0 Å². The minimum Gasteiger partial charge on any atom is -0.396 e. The molecule has 1 aliphatic heterocycles. The van der Waals surface area contributed by atoms with Gasteiger partial charge >= 0.3 is 0 Å². The molecule has 1 saturated heterocycles. The van der Waals surface area contributed by atoms with Crippen molar-refractivity contribution < 1.29 is 9.90 Å². The van der Waals surface area contributed by atoms with Crippen molar-refractivity contribution in [2.24, 2.45) is 5.92 Å². The molecule has 1 heterocycles. The minimum absolute atomic E-state index is 0.142. The Labute approximate surface area is 145 Å². The quantitative estimate of drug-likeness (QED) is 0.771. The van der Waals surface area contributed by atoms with E-state index in [2.05, 4.69) is 41.4 Å². The molecule has 1 amide bonds. The second-order valence-electron chi connectivity index (χ2n) is 7.43. The van der Waals surface area contributed by atoms with Crippen molar-refractivity contribution in [1.29, 1.82) is 0 Å². The van der Waals surface area contributed by atoms with Crippen molar-refractivity contribution in [3.05, 3.63) is 35.4 Å². The summed E-state index contributed by atoms with van der Waals surface area (Å²) in [6, 6.07) is 9.18. The smallest absolute Gasteiger partial charge is 0.234 e. The largest absolute Gasteiger partial charge is 0.396 e. The fourth-order valence-corrected chi connectivity index (χ4v) is 3.84. The number of aliphatic hydroxyl groups excluding tert-OH is 1. The Morgan fingerprint density at radius 3 is 2.71 bits per heavy atom. The molecule has 1 aromatic rings. The van der Waals surface area contributed by atoms with Gasteiger partial charge in [-0.3, -0.25) is 9.69 Å². The second kappa shape index (κ2) is 8.13. The minimum atomic E-state index is 0.142. The molecule has 2 unspecified atom stereocenters. The van der Waals surface area contributed by atoms with Crippen LogP contribution in [-0.2, 0) is 4.79 Å². The van der Waals surface area contributed by atoms with E-state index in [0.29, 0.717) is 18.5 Å². The third-order valence-electron chi connectivity index (χ3n) is 5.39. The molecule has 2 N–H and O–H groups in total. The highest BCUT2D eigenvalue weighted by atomic mass is 16.3. The van der Waals surface area contributed by atoms with Crippen LogP contribution in [0.4, 0.5) is 0 Å². The van der Waals surface area contributed by atoms with E-state index in [0.717, 1.165) is 32.2 Å². The Morgan fingerprint density at radius 1 is 1.29 bits per heavy atom. The standard InChI is InChI=1S/C20H30N2O2/c1-15-6-8-16(9-7-15)20(17-10-11-17)21-19(24)14-22-12-2-4-18(22)5-3-13-23/h6-9,17-18,20,23H,2-5,10-14H2,1H3,(H,21,24). The van der Waals surface area contributed by atoms with Gasteiger partial charge in [-0.1, -0.05) is 29.8 Å². The Morgan fingerprint density at radius 2 is 2.04 bits per heavy atom. The Balaban J connectivity index is 1.57. The lowest BCUT2D eigenvalue weighted by molar-refractivity contribution is -0.123. The zero-order valence-corrected chi connectivity index (χ0v) is 14.7. The van der Waals surface area contributed by atoms with Crippen molar-refractivity contribution in [3.63, 3.8) is 0 Å². The molecule has 3 rings (SSSR count). The second-order valence-corrected chi connectivity index (χ2v) is 7.43. The lowest BCUT2D eigenvalue weighted by Crippen LogP contribution is -2.41. The van der Waals surface area contributed by atoms with E-state index >= 15 is 0 Å². The lowest BCUT2D eigenvalue weighted by Gasteiger charge is -2.26. The van der Waals surface area contributed by atoms with E-state index < -0.39 is 0 Å². The van der Waals surface area contributed by atoms with Gasteiger partial charge in [0.05, 0.1) is 12.6 Å². The van der Waals surface area contributed by atoms with Crippen LogP contribution < -0.4 is 5.32 Å². The number of nitrogens with one attached hydrogen (secondary N) is 1. The van der Waals surface area contributed by atoms with Gasteiger partial charge in [0.15, 0.2) is 0 Å². The van der Waals surface area contributed by atoms with Gasteiger partial charge in [0.1, 0.15) is 0 Å². The number of aryl methyl sites for hydroxylation is 1. The number of aliphatic hydroxyl groups is 1. The molecule has 2 aliphatic rings. The fraction of sp³-hybridized carbons (Fsp3) is 0.650. The van der Waals surface area contributed by atoms with Crippen LogP contribution in [0.25, 0.3) is 0 Å². The van der Waals surface area contributed by atoms with Gasteiger partial charge in [-0.25, -0.2) is 0 Å². The molecule has 1 aliphatic carbocycles. The molecule has 4 heteroatoms. The highest BCUT2D eigenvalue weighted by molar-refractivity contribution is 5.78. The highest BCUT2D eigenvalue weighted by Crippen LogP contribution is 2.41. The molecule has 0 radical (unpaired) electrons. The van der Waals surface area contributed by atoms with Crippen molar-refractivity contribution >= 4 is 5.91 Å². The summed E-state index contributed by atoms with van der Waals surface area (Å²) >= 11 is 0. The van der Waals surface area contributed by atoms with E-state index in [1.54, 1.807) is 0 Å². The molecule has 0 bridgehead atoms. The van der Waals surface area contributed by atoms with Gasteiger partial charge in [-0.15, -0.1) is 0 Å². The van der Waals surface area contributed by atoms with Gasteiger partial charge in [0, 0.05) is 12.6 Å². The molecule has 0 spiro atoms. The summed E-state index contributed by atoms with van der Waals surface area (Å²) in [5.74, 6) is 0.740. The van der Waals surface area contributed by atoms with Crippen LogP contribution in [-0.4, -0.2) is 41.7 Å². The number of benzene rings is 1. The van der Waals surface area contributed by atoms with Crippen molar-refractivity contribution in [2.75, 3.05) is 19.7 Å². The van der Waals surface area contributed by atoms with Gasteiger partial charge in [0.25, 0.3) is 0 Å².